The Labute approximate surface area is 177 Å². The van der Waals surface area contributed by atoms with Crippen LogP contribution in [0.2, 0.25) is 0 Å². The molecule has 0 bridgehead atoms. The number of thioether (sulfide) groups is 1. The molecular weight excluding hydrogens is 409 g/mol. The zero-order chi connectivity index (χ0) is 21.5. The van der Waals surface area contributed by atoms with Crippen molar-refractivity contribution in [2.45, 2.75) is 25.1 Å². The maximum atomic E-state index is 14.4. The zero-order valence-corrected chi connectivity index (χ0v) is 17.3. The number of nitrogens with zero attached hydrogens (tertiary/aromatic N) is 3. The first kappa shape index (κ1) is 21.5. The number of ether oxygens (including phenoxy) is 2. The predicted molar refractivity (Wildman–Crippen MR) is 110 cm³/mol. The lowest BCUT2D eigenvalue weighted by atomic mass is 10.2. The van der Waals surface area contributed by atoms with Gasteiger partial charge in [-0.2, -0.15) is 0 Å². The lowest BCUT2D eigenvalue weighted by molar-refractivity contribution is -0.159. The first-order valence-corrected chi connectivity index (χ1v) is 10.2. The van der Waals surface area contributed by atoms with Gasteiger partial charge in [-0.25, -0.2) is 9.18 Å². The van der Waals surface area contributed by atoms with Crippen LogP contribution in [0.5, 0.6) is 0 Å². The number of halogens is 1. The van der Waals surface area contributed by atoms with Gasteiger partial charge in [0.15, 0.2) is 17.6 Å². The van der Waals surface area contributed by atoms with E-state index in [1.807, 2.05) is 30.3 Å². The fourth-order valence-electron chi connectivity index (χ4n) is 2.59. The van der Waals surface area contributed by atoms with Crippen molar-refractivity contribution in [3.63, 3.8) is 0 Å². The molecule has 3 rings (SSSR count). The SMILES string of the molecule is CC(C)OC(=O)COC(=O)CSc1nnc(-c2ccccc2F)n1-c1ccccc1. The standard InChI is InChI=1S/C21H20FN3O4S/c1-14(2)29-18(26)12-28-19(27)13-30-21-24-23-20(16-10-6-7-11-17(16)22)25(21)15-8-4-3-5-9-15/h3-11,14H,12-13H2,1-2H3. The average molecular weight is 429 g/mol. The summed E-state index contributed by atoms with van der Waals surface area (Å²) in [6.45, 7) is 2.96. The van der Waals surface area contributed by atoms with Gasteiger partial charge in [0.25, 0.3) is 0 Å². The van der Waals surface area contributed by atoms with Crippen LogP contribution in [0.4, 0.5) is 4.39 Å². The molecule has 0 spiro atoms. The highest BCUT2D eigenvalue weighted by atomic mass is 32.2. The number of esters is 2. The number of rotatable bonds is 8. The van der Waals surface area contributed by atoms with Gasteiger partial charge < -0.3 is 9.47 Å². The van der Waals surface area contributed by atoms with Crippen LogP contribution in [0, 0.1) is 5.82 Å². The average Bonchev–Trinajstić information content (AvgIpc) is 3.15. The number of para-hydroxylation sites is 1. The third-order valence-electron chi connectivity index (χ3n) is 3.80. The molecule has 156 valence electrons. The van der Waals surface area contributed by atoms with E-state index in [9.17, 15) is 14.0 Å². The van der Waals surface area contributed by atoms with Crippen molar-refractivity contribution in [3.05, 3.63) is 60.4 Å². The summed E-state index contributed by atoms with van der Waals surface area (Å²) in [5.41, 5.74) is 1.01. The Morgan fingerprint density at radius 1 is 1.03 bits per heavy atom. The van der Waals surface area contributed by atoms with Gasteiger partial charge in [0.1, 0.15) is 5.82 Å². The molecule has 0 fully saturated rings. The predicted octanol–water partition coefficient (Wildman–Crippen LogP) is 3.66. The normalized spacial score (nSPS) is 10.8. The topological polar surface area (TPSA) is 83.3 Å². The van der Waals surface area contributed by atoms with Crippen molar-refractivity contribution >= 4 is 23.7 Å². The smallest absolute Gasteiger partial charge is 0.344 e. The van der Waals surface area contributed by atoms with Gasteiger partial charge in [0, 0.05) is 5.69 Å². The summed E-state index contributed by atoms with van der Waals surface area (Å²) in [6.07, 6.45) is -0.285. The van der Waals surface area contributed by atoms with E-state index < -0.39 is 24.4 Å². The lowest BCUT2D eigenvalue weighted by Crippen LogP contribution is -2.20. The molecular formula is C21H20FN3O4S. The van der Waals surface area contributed by atoms with Crippen molar-refractivity contribution in [1.29, 1.82) is 0 Å². The Morgan fingerprint density at radius 3 is 2.43 bits per heavy atom. The molecule has 9 heteroatoms. The number of hydrogen-bond donors (Lipinski definition) is 0. The highest BCUT2D eigenvalue weighted by molar-refractivity contribution is 7.99. The first-order chi connectivity index (χ1) is 14.5. The fraction of sp³-hybridized carbons (Fsp3) is 0.238. The summed E-state index contributed by atoms with van der Waals surface area (Å²) in [7, 11) is 0. The quantitative estimate of drug-likeness (QED) is 0.399. The zero-order valence-electron chi connectivity index (χ0n) is 16.4. The minimum absolute atomic E-state index is 0.100. The Balaban J connectivity index is 1.78. The summed E-state index contributed by atoms with van der Waals surface area (Å²) in [4.78, 5) is 23.5. The van der Waals surface area contributed by atoms with E-state index in [-0.39, 0.29) is 11.9 Å². The van der Waals surface area contributed by atoms with Gasteiger partial charge in [0.05, 0.1) is 17.4 Å². The molecule has 1 heterocycles. The monoisotopic (exact) mass is 429 g/mol. The number of hydrogen-bond acceptors (Lipinski definition) is 7. The van der Waals surface area contributed by atoms with Gasteiger partial charge in [-0.15, -0.1) is 10.2 Å². The maximum Gasteiger partial charge on any atom is 0.344 e. The van der Waals surface area contributed by atoms with Crippen LogP contribution in [-0.4, -0.2) is 45.2 Å². The van der Waals surface area contributed by atoms with Crippen molar-refractivity contribution in [2.75, 3.05) is 12.4 Å². The second kappa shape index (κ2) is 10.0. The Hall–Kier alpha value is -3.20. The molecule has 0 amide bonds. The molecule has 2 aromatic carbocycles. The van der Waals surface area contributed by atoms with E-state index in [0.29, 0.717) is 16.5 Å². The number of aromatic nitrogens is 3. The van der Waals surface area contributed by atoms with Crippen LogP contribution in [0.3, 0.4) is 0 Å². The summed E-state index contributed by atoms with van der Waals surface area (Å²) < 4.78 is 25.9. The van der Waals surface area contributed by atoms with E-state index in [0.717, 1.165) is 17.4 Å². The van der Waals surface area contributed by atoms with Crippen LogP contribution in [-0.2, 0) is 19.1 Å². The van der Waals surface area contributed by atoms with E-state index in [2.05, 4.69) is 10.2 Å². The van der Waals surface area contributed by atoms with Gasteiger partial charge in [-0.05, 0) is 38.1 Å². The number of carbonyl (C=O) groups is 2. The third-order valence-corrected chi connectivity index (χ3v) is 4.70. The van der Waals surface area contributed by atoms with Gasteiger partial charge in [-0.1, -0.05) is 42.1 Å². The van der Waals surface area contributed by atoms with Crippen molar-refractivity contribution in [1.82, 2.24) is 14.8 Å². The van der Waals surface area contributed by atoms with Crippen LogP contribution in [0.15, 0.2) is 59.8 Å². The van der Waals surface area contributed by atoms with Gasteiger partial charge in [0.2, 0.25) is 0 Å². The van der Waals surface area contributed by atoms with Gasteiger partial charge in [-0.3, -0.25) is 9.36 Å². The largest absolute Gasteiger partial charge is 0.460 e. The molecule has 3 aromatic rings. The lowest BCUT2D eigenvalue weighted by Gasteiger charge is -2.11. The minimum Gasteiger partial charge on any atom is -0.460 e. The highest BCUT2D eigenvalue weighted by Gasteiger charge is 2.20. The Bertz CT molecular complexity index is 1020. The van der Waals surface area contributed by atoms with Crippen LogP contribution >= 0.6 is 11.8 Å². The number of carbonyl (C=O) groups excluding carboxylic acids is 2. The first-order valence-electron chi connectivity index (χ1n) is 9.19. The molecule has 7 nitrogen and oxygen atoms in total. The van der Waals surface area contributed by atoms with E-state index in [1.54, 1.807) is 36.6 Å². The Kier molecular flexibility index (Phi) is 7.18. The maximum absolute atomic E-state index is 14.4. The summed E-state index contributed by atoms with van der Waals surface area (Å²) in [5, 5.41) is 8.65. The van der Waals surface area contributed by atoms with Crippen molar-refractivity contribution in [3.8, 4) is 17.1 Å². The minimum atomic E-state index is -0.613. The van der Waals surface area contributed by atoms with Crippen LogP contribution in [0.25, 0.3) is 17.1 Å². The summed E-state index contributed by atoms with van der Waals surface area (Å²) >= 11 is 1.08. The van der Waals surface area contributed by atoms with E-state index in [4.69, 9.17) is 9.47 Å². The molecule has 0 saturated carbocycles. The molecule has 0 aliphatic rings. The molecule has 0 aliphatic heterocycles. The van der Waals surface area contributed by atoms with E-state index in [1.165, 1.54) is 6.07 Å². The Morgan fingerprint density at radius 2 is 1.73 bits per heavy atom. The fourth-order valence-corrected chi connectivity index (χ4v) is 3.34. The van der Waals surface area contributed by atoms with Crippen LogP contribution in [0.1, 0.15) is 13.8 Å². The number of benzene rings is 2. The van der Waals surface area contributed by atoms with Gasteiger partial charge >= 0.3 is 11.9 Å². The van der Waals surface area contributed by atoms with Crippen molar-refractivity contribution < 1.29 is 23.5 Å². The molecule has 30 heavy (non-hydrogen) atoms. The second-order valence-electron chi connectivity index (χ2n) is 6.44. The molecule has 0 saturated heterocycles. The molecule has 0 N–H and O–H groups in total. The third kappa shape index (κ3) is 5.44. The summed E-state index contributed by atoms with van der Waals surface area (Å²) in [6, 6.07) is 15.5. The van der Waals surface area contributed by atoms with Crippen LogP contribution < -0.4 is 0 Å². The molecule has 0 aliphatic carbocycles. The van der Waals surface area contributed by atoms with E-state index >= 15 is 0 Å². The molecule has 0 radical (unpaired) electrons. The molecule has 1 aromatic heterocycles. The summed E-state index contributed by atoms with van der Waals surface area (Å²) in [5.74, 6) is -1.43. The van der Waals surface area contributed by atoms with Crippen molar-refractivity contribution in [2.24, 2.45) is 0 Å². The molecule has 0 atom stereocenters. The highest BCUT2D eigenvalue weighted by Crippen LogP contribution is 2.29. The molecule has 0 unspecified atom stereocenters. The second-order valence-corrected chi connectivity index (χ2v) is 7.39.